The van der Waals surface area contributed by atoms with Gasteiger partial charge in [-0.2, -0.15) is 0 Å². The molecule has 0 radical (unpaired) electrons. The number of esters is 1. The van der Waals surface area contributed by atoms with E-state index in [0.29, 0.717) is 38.9 Å². The van der Waals surface area contributed by atoms with Gasteiger partial charge in [-0.1, -0.05) is 12.8 Å². The van der Waals surface area contributed by atoms with Crippen LogP contribution >= 0.6 is 0 Å². The monoisotopic (exact) mass is 407 g/mol. The summed E-state index contributed by atoms with van der Waals surface area (Å²) in [4.78, 5) is 38.9. The lowest BCUT2D eigenvalue weighted by Gasteiger charge is -2.27. The average molecular weight is 408 g/mol. The topological polar surface area (TPSA) is 88.9 Å². The minimum absolute atomic E-state index is 0.0160. The van der Waals surface area contributed by atoms with Gasteiger partial charge >= 0.3 is 5.97 Å². The summed E-state index contributed by atoms with van der Waals surface area (Å²) < 4.78 is 4.80. The van der Waals surface area contributed by atoms with Gasteiger partial charge in [0.25, 0.3) is 0 Å². The molecule has 0 bridgehead atoms. The lowest BCUT2D eigenvalue weighted by Crippen LogP contribution is -2.32. The van der Waals surface area contributed by atoms with E-state index in [4.69, 9.17) is 11.3 Å². The van der Waals surface area contributed by atoms with Crippen LogP contribution in [0.5, 0.6) is 0 Å². The fraction of sp³-hybridized carbons (Fsp3) is 0.818. The van der Waals surface area contributed by atoms with Crippen molar-refractivity contribution in [2.24, 2.45) is 5.41 Å². The molecule has 1 rings (SSSR count). The summed E-state index contributed by atoms with van der Waals surface area (Å²) in [5.41, 5.74) is -0.225. The number of hydrogen-bond acceptors (Lipinski definition) is 4. The molecule has 2 amide bonds. The Hall–Kier alpha value is -2.10. The van der Waals surface area contributed by atoms with E-state index in [-0.39, 0.29) is 23.2 Å². The minimum Gasteiger partial charge on any atom is -0.469 e. The van der Waals surface area contributed by atoms with Crippen LogP contribution in [-0.2, 0) is 19.1 Å². The fourth-order valence-electron chi connectivity index (χ4n) is 3.95. The summed E-state index contributed by atoms with van der Waals surface area (Å²) in [6, 6.07) is 0. The summed E-state index contributed by atoms with van der Waals surface area (Å²) in [7, 11) is 1.39. The van der Waals surface area contributed by atoms with Gasteiger partial charge in [-0.05, 0) is 50.4 Å². The van der Waals surface area contributed by atoms with Crippen LogP contribution in [0, 0.1) is 12.0 Å². The van der Waals surface area contributed by atoms with Crippen molar-refractivity contribution in [3.8, 4) is 0 Å². The van der Waals surface area contributed by atoms with Crippen LogP contribution < -0.4 is 10.6 Å². The van der Waals surface area contributed by atoms with Crippen LogP contribution in [0.3, 0.4) is 0 Å². The highest BCUT2D eigenvalue weighted by Crippen LogP contribution is 2.44. The number of ether oxygens (including phenoxy) is 1. The van der Waals surface area contributed by atoms with Crippen LogP contribution in [0.4, 0.5) is 0 Å². The molecule has 7 nitrogen and oxygen atoms in total. The van der Waals surface area contributed by atoms with Crippen LogP contribution in [-0.4, -0.2) is 44.5 Å². The van der Waals surface area contributed by atoms with Crippen LogP contribution in [0.1, 0.15) is 83.5 Å². The van der Waals surface area contributed by atoms with Crippen molar-refractivity contribution in [1.29, 1.82) is 0 Å². The summed E-state index contributed by atoms with van der Waals surface area (Å²) in [6.45, 7) is 8.54. The number of nitrogens with one attached hydrogen (secondary N) is 2. The Labute approximate surface area is 175 Å². The molecular weight excluding hydrogens is 370 g/mol. The molecule has 0 aromatic carbocycles. The highest BCUT2D eigenvalue weighted by Gasteiger charge is 2.38. The maximum atomic E-state index is 12.3. The zero-order valence-corrected chi connectivity index (χ0v) is 17.9. The molecule has 164 valence electrons. The number of carbonyl (C=O) groups is 3. The first kappa shape index (κ1) is 24.9. The van der Waals surface area contributed by atoms with Crippen molar-refractivity contribution < 1.29 is 19.1 Å². The van der Waals surface area contributed by atoms with Crippen molar-refractivity contribution in [1.82, 2.24) is 10.6 Å². The molecule has 0 atom stereocenters. The Kier molecular flexibility index (Phi) is 12.8. The van der Waals surface area contributed by atoms with Gasteiger partial charge in [0.2, 0.25) is 18.4 Å². The van der Waals surface area contributed by atoms with E-state index in [1.165, 1.54) is 7.11 Å². The van der Waals surface area contributed by atoms with Crippen LogP contribution in [0.15, 0.2) is 0 Å². The zero-order chi connectivity index (χ0) is 21.4. The fourth-order valence-corrected chi connectivity index (χ4v) is 3.95. The van der Waals surface area contributed by atoms with Crippen molar-refractivity contribution in [2.75, 3.05) is 26.7 Å². The van der Waals surface area contributed by atoms with E-state index in [0.717, 1.165) is 64.2 Å². The molecule has 1 aliphatic rings. The first-order valence-corrected chi connectivity index (χ1v) is 10.9. The van der Waals surface area contributed by atoms with Crippen molar-refractivity contribution in [3.05, 3.63) is 11.4 Å². The molecule has 0 saturated heterocycles. The molecule has 0 aliphatic heterocycles. The molecule has 2 N–H and O–H groups in total. The Morgan fingerprint density at radius 1 is 0.897 bits per heavy atom. The molecule has 1 saturated carbocycles. The molecule has 0 aromatic rings. The quantitative estimate of drug-likeness (QED) is 0.247. The average Bonchev–Trinajstić information content (AvgIpc) is 3.14. The van der Waals surface area contributed by atoms with Gasteiger partial charge in [0.15, 0.2) is 0 Å². The third-order valence-electron chi connectivity index (χ3n) is 5.62. The summed E-state index contributed by atoms with van der Waals surface area (Å²) in [6.07, 6.45) is 10.6. The molecule has 7 heteroatoms. The third-order valence-corrected chi connectivity index (χ3v) is 5.62. The minimum atomic E-state index is -0.231. The van der Waals surface area contributed by atoms with Gasteiger partial charge in [0, 0.05) is 32.4 Å². The molecule has 1 fully saturated rings. The van der Waals surface area contributed by atoms with Gasteiger partial charge < -0.3 is 20.2 Å². The Morgan fingerprint density at radius 3 is 2.14 bits per heavy atom. The van der Waals surface area contributed by atoms with Crippen molar-refractivity contribution >= 4 is 17.8 Å². The first-order chi connectivity index (χ1) is 14.0. The summed E-state index contributed by atoms with van der Waals surface area (Å²) in [5, 5.41) is 5.89. The number of amides is 2. The highest BCUT2D eigenvalue weighted by atomic mass is 16.5. The normalized spacial score (nSPS) is 14.8. The largest absolute Gasteiger partial charge is 0.469 e. The molecule has 29 heavy (non-hydrogen) atoms. The van der Waals surface area contributed by atoms with E-state index < -0.39 is 0 Å². The van der Waals surface area contributed by atoms with Gasteiger partial charge in [0.05, 0.1) is 13.5 Å². The van der Waals surface area contributed by atoms with E-state index in [2.05, 4.69) is 15.5 Å². The molecule has 0 aromatic heterocycles. The van der Waals surface area contributed by atoms with Gasteiger partial charge in [-0.3, -0.25) is 14.4 Å². The van der Waals surface area contributed by atoms with Crippen molar-refractivity contribution in [3.63, 3.8) is 0 Å². The number of nitrogens with zero attached hydrogens (tertiary/aromatic N) is 1. The molecule has 0 heterocycles. The maximum absolute atomic E-state index is 12.3. The summed E-state index contributed by atoms with van der Waals surface area (Å²) in [5.74, 6) is -0.138. The van der Waals surface area contributed by atoms with Crippen LogP contribution in [0.2, 0.25) is 0 Å². The highest BCUT2D eigenvalue weighted by molar-refractivity contribution is 5.78. The van der Waals surface area contributed by atoms with E-state index in [9.17, 15) is 14.4 Å². The van der Waals surface area contributed by atoms with E-state index in [1.807, 2.05) is 0 Å². The Balaban J connectivity index is 2.05. The second kappa shape index (κ2) is 14.8. The second-order valence-corrected chi connectivity index (χ2v) is 8.09. The Bertz CT molecular complexity index is 551. The lowest BCUT2D eigenvalue weighted by atomic mass is 9.79. The second-order valence-electron chi connectivity index (χ2n) is 8.09. The summed E-state index contributed by atoms with van der Waals surface area (Å²) >= 11 is 0. The zero-order valence-electron chi connectivity index (χ0n) is 17.9. The van der Waals surface area contributed by atoms with Crippen LogP contribution in [0.25, 0.3) is 4.85 Å². The van der Waals surface area contributed by atoms with Gasteiger partial charge in [-0.25, -0.2) is 6.57 Å². The Morgan fingerprint density at radius 2 is 1.52 bits per heavy atom. The SMILES string of the molecule is [C-]#[N+]CCCCCC(=O)NCCCCCNC(=O)CC1(CC(=O)OC)CCCC1. The molecule has 1 aliphatic carbocycles. The van der Waals surface area contributed by atoms with E-state index in [1.54, 1.807) is 0 Å². The van der Waals surface area contributed by atoms with Crippen molar-refractivity contribution in [2.45, 2.75) is 83.5 Å². The third kappa shape index (κ3) is 11.5. The number of unbranched alkanes of at least 4 members (excludes halogenated alkanes) is 4. The molecular formula is C22H37N3O4. The number of hydrogen-bond donors (Lipinski definition) is 2. The number of methoxy groups -OCH3 is 1. The standard InChI is InChI=1S/C22H37N3O4/c1-23-14-8-3-5-11-19(26)24-15-9-4-10-16-25-20(27)17-22(12-6-7-13-22)18-21(28)29-2/h3-18H2,2H3,(H,24,26)(H,25,27). The molecule has 0 unspecified atom stereocenters. The predicted molar refractivity (Wildman–Crippen MR) is 112 cm³/mol. The first-order valence-electron chi connectivity index (χ1n) is 10.9. The van der Waals surface area contributed by atoms with Gasteiger partial charge in [0.1, 0.15) is 0 Å². The van der Waals surface area contributed by atoms with Gasteiger partial charge in [-0.15, -0.1) is 0 Å². The maximum Gasteiger partial charge on any atom is 0.306 e. The lowest BCUT2D eigenvalue weighted by molar-refractivity contribution is -0.144. The number of rotatable bonds is 15. The molecule has 0 spiro atoms. The van der Waals surface area contributed by atoms with E-state index >= 15 is 0 Å². The number of carbonyl (C=O) groups excluding carboxylic acids is 3. The smallest absolute Gasteiger partial charge is 0.306 e. The predicted octanol–water partition coefficient (Wildman–Crippen LogP) is 3.38.